The van der Waals surface area contributed by atoms with Gasteiger partial charge in [-0.05, 0) is 40.0 Å². The lowest BCUT2D eigenvalue weighted by molar-refractivity contribution is -0.137. The van der Waals surface area contributed by atoms with Crippen molar-refractivity contribution in [3.05, 3.63) is 23.3 Å². The van der Waals surface area contributed by atoms with Gasteiger partial charge in [0.2, 0.25) is 0 Å². The summed E-state index contributed by atoms with van der Waals surface area (Å²) in [6, 6.07) is 0. The maximum atomic E-state index is 11.9. The molecular weight excluding hydrogens is 268 g/mol. The largest absolute Gasteiger partial charge is 0.463 e. The van der Waals surface area contributed by atoms with Crippen molar-refractivity contribution in [3.8, 4) is 0 Å². The number of ether oxygens (including phenoxy) is 2. The third-order valence-electron chi connectivity index (χ3n) is 5.23. The molecule has 2 aliphatic carbocycles. The Kier molecular flexibility index (Phi) is 3.49. The molecule has 4 heteroatoms. The Labute approximate surface area is 125 Å². The summed E-state index contributed by atoms with van der Waals surface area (Å²) in [6.45, 7) is 6.93. The average Bonchev–Trinajstić information content (AvgIpc) is 2.60. The highest BCUT2D eigenvalue weighted by Crippen LogP contribution is 2.60. The molecule has 116 valence electrons. The van der Waals surface area contributed by atoms with Crippen LogP contribution in [0.4, 0.5) is 0 Å². The summed E-state index contributed by atoms with van der Waals surface area (Å²) in [5.41, 5.74) is 1.65. The van der Waals surface area contributed by atoms with Gasteiger partial charge in [0, 0.05) is 17.4 Å². The van der Waals surface area contributed by atoms with Crippen molar-refractivity contribution < 1.29 is 19.4 Å². The molecule has 0 unspecified atom stereocenters. The van der Waals surface area contributed by atoms with Crippen molar-refractivity contribution in [2.45, 2.75) is 51.7 Å². The highest BCUT2D eigenvalue weighted by Gasteiger charge is 2.62. The van der Waals surface area contributed by atoms with Gasteiger partial charge in [0.25, 0.3) is 0 Å². The average molecular weight is 292 g/mol. The van der Waals surface area contributed by atoms with Crippen LogP contribution in [0.5, 0.6) is 0 Å². The number of esters is 1. The number of hydrogen-bond donors (Lipinski definition) is 1. The van der Waals surface area contributed by atoms with Crippen molar-refractivity contribution >= 4 is 5.97 Å². The minimum absolute atomic E-state index is 0.0712. The highest BCUT2D eigenvalue weighted by atomic mass is 16.5. The smallest absolute Gasteiger partial charge is 0.330 e. The summed E-state index contributed by atoms with van der Waals surface area (Å²) in [6.07, 6.45) is 5.68. The fraction of sp³-hybridized carbons (Fsp3) is 0.706. The predicted molar refractivity (Wildman–Crippen MR) is 78.6 cm³/mol. The number of carbonyl (C=O) groups is 1. The van der Waals surface area contributed by atoms with Crippen LogP contribution < -0.4 is 0 Å². The first-order chi connectivity index (χ1) is 9.91. The van der Waals surface area contributed by atoms with Gasteiger partial charge in [-0.1, -0.05) is 17.2 Å². The Morgan fingerprint density at radius 2 is 2.38 bits per heavy atom. The Morgan fingerprint density at radius 1 is 1.62 bits per heavy atom. The molecule has 1 aliphatic heterocycles. The van der Waals surface area contributed by atoms with Crippen LogP contribution >= 0.6 is 0 Å². The molecule has 0 aromatic heterocycles. The molecule has 0 spiro atoms. The first-order valence-electron chi connectivity index (χ1n) is 7.79. The van der Waals surface area contributed by atoms with Crippen LogP contribution in [0.3, 0.4) is 0 Å². The van der Waals surface area contributed by atoms with E-state index in [9.17, 15) is 9.90 Å². The lowest BCUT2D eigenvalue weighted by Gasteiger charge is -2.48. The summed E-state index contributed by atoms with van der Waals surface area (Å²) in [5, 5.41) is 10.6. The molecule has 3 rings (SSSR count). The van der Waals surface area contributed by atoms with Crippen LogP contribution in [-0.2, 0) is 14.3 Å². The molecular formula is C17H24O4. The van der Waals surface area contributed by atoms with E-state index >= 15 is 0 Å². The lowest BCUT2D eigenvalue weighted by atomic mass is 9.55. The minimum Gasteiger partial charge on any atom is -0.463 e. The van der Waals surface area contributed by atoms with Crippen molar-refractivity contribution in [1.29, 1.82) is 0 Å². The molecule has 1 N–H and O–H groups in total. The third kappa shape index (κ3) is 2.16. The summed E-state index contributed by atoms with van der Waals surface area (Å²) in [5.74, 6) is -0.213. The van der Waals surface area contributed by atoms with Crippen LogP contribution in [0.2, 0.25) is 0 Å². The molecule has 0 amide bonds. The van der Waals surface area contributed by atoms with Crippen LogP contribution in [0.25, 0.3) is 0 Å². The number of hydrogen-bond acceptors (Lipinski definition) is 4. The zero-order valence-corrected chi connectivity index (χ0v) is 13.0. The second-order valence-electron chi connectivity index (χ2n) is 6.84. The number of aliphatic hydroxyl groups is 1. The highest BCUT2D eigenvalue weighted by molar-refractivity contribution is 5.83. The monoisotopic (exact) mass is 292 g/mol. The maximum absolute atomic E-state index is 11.9. The number of aliphatic hydroxyl groups excluding tert-OH is 1. The van der Waals surface area contributed by atoms with E-state index in [4.69, 9.17) is 9.47 Å². The maximum Gasteiger partial charge on any atom is 0.330 e. The van der Waals surface area contributed by atoms with Crippen LogP contribution in [0, 0.1) is 11.3 Å². The van der Waals surface area contributed by atoms with Gasteiger partial charge in [-0.25, -0.2) is 4.79 Å². The Bertz CT molecular complexity index is 521. The van der Waals surface area contributed by atoms with Gasteiger partial charge in [0.15, 0.2) is 0 Å². The Morgan fingerprint density at radius 3 is 3.10 bits per heavy atom. The molecule has 0 radical (unpaired) electrons. The minimum atomic E-state index is -0.404. The molecule has 4 atom stereocenters. The van der Waals surface area contributed by atoms with E-state index in [1.807, 2.05) is 6.92 Å². The number of rotatable bonds is 2. The summed E-state index contributed by atoms with van der Waals surface area (Å²) >= 11 is 0. The molecule has 1 saturated heterocycles. The van der Waals surface area contributed by atoms with E-state index in [0.29, 0.717) is 19.6 Å². The standard InChI is InChI=1S/C17H24O4/c1-4-20-14(19)7-12-5-6-13(18)17-9-11(2)8-16(3,15(12)17)21-10-17/h7,9,13,15,18H,4-6,8,10H2,1-3H3/b12-7+/t13-,15+,16+,17+/m1/s1. The van der Waals surface area contributed by atoms with Crippen molar-refractivity contribution in [2.75, 3.05) is 13.2 Å². The molecule has 4 nitrogen and oxygen atoms in total. The molecule has 2 bridgehead atoms. The normalized spacial score (nSPS) is 43.4. The molecule has 0 aromatic carbocycles. The fourth-order valence-electron chi connectivity index (χ4n) is 4.70. The fourth-order valence-corrected chi connectivity index (χ4v) is 4.70. The second-order valence-corrected chi connectivity index (χ2v) is 6.84. The predicted octanol–water partition coefficient (Wildman–Crippen LogP) is 2.37. The zero-order valence-electron chi connectivity index (χ0n) is 13.0. The quantitative estimate of drug-likeness (QED) is 0.482. The Balaban J connectivity index is 2.03. The SMILES string of the molecule is CCOC(=O)/C=C1\CC[C@@H](O)[C@]23C=C(C)C[C@](C)(OC2)[C@H]13. The molecule has 3 aliphatic rings. The van der Waals surface area contributed by atoms with E-state index in [1.165, 1.54) is 5.57 Å². The van der Waals surface area contributed by atoms with Crippen molar-refractivity contribution in [1.82, 2.24) is 0 Å². The van der Waals surface area contributed by atoms with Gasteiger partial charge in [0.1, 0.15) is 0 Å². The van der Waals surface area contributed by atoms with Gasteiger partial charge < -0.3 is 14.6 Å². The van der Waals surface area contributed by atoms with Gasteiger partial charge in [-0.2, -0.15) is 0 Å². The lowest BCUT2D eigenvalue weighted by Crippen LogP contribution is -2.51. The zero-order chi connectivity index (χ0) is 15.3. The molecule has 21 heavy (non-hydrogen) atoms. The van der Waals surface area contributed by atoms with E-state index in [2.05, 4.69) is 19.9 Å². The van der Waals surface area contributed by atoms with Gasteiger partial charge >= 0.3 is 5.97 Å². The van der Waals surface area contributed by atoms with Crippen LogP contribution in [0.15, 0.2) is 23.3 Å². The van der Waals surface area contributed by atoms with E-state index in [-0.39, 0.29) is 22.9 Å². The molecule has 0 aromatic rings. The summed E-state index contributed by atoms with van der Waals surface area (Å²) in [4.78, 5) is 11.9. The summed E-state index contributed by atoms with van der Waals surface area (Å²) in [7, 11) is 0. The van der Waals surface area contributed by atoms with Crippen molar-refractivity contribution in [3.63, 3.8) is 0 Å². The topological polar surface area (TPSA) is 55.8 Å². The third-order valence-corrected chi connectivity index (χ3v) is 5.23. The molecule has 2 fully saturated rings. The van der Waals surface area contributed by atoms with Gasteiger partial charge in [0.05, 0.1) is 24.9 Å². The second kappa shape index (κ2) is 4.96. The molecule has 1 saturated carbocycles. The van der Waals surface area contributed by atoms with E-state index in [0.717, 1.165) is 18.4 Å². The first kappa shape index (κ1) is 14.8. The van der Waals surface area contributed by atoms with Gasteiger partial charge in [-0.3, -0.25) is 0 Å². The van der Waals surface area contributed by atoms with Crippen molar-refractivity contribution in [2.24, 2.45) is 11.3 Å². The van der Waals surface area contributed by atoms with E-state index < -0.39 is 6.10 Å². The van der Waals surface area contributed by atoms with Gasteiger partial charge in [-0.15, -0.1) is 0 Å². The van der Waals surface area contributed by atoms with E-state index in [1.54, 1.807) is 6.08 Å². The van der Waals surface area contributed by atoms with Crippen LogP contribution in [0.1, 0.15) is 40.0 Å². The summed E-state index contributed by atoms with van der Waals surface area (Å²) < 4.78 is 11.2. The first-order valence-corrected chi connectivity index (χ1v) is 7.79. The van der Waals surface area contributed by atoms with Crippen LogP contribution in [-0.4, -0.2) is 36.0 Å². The molecule has 1 heterocycles. The Hall–Kier alpha value is -1.13. The number of carbonyl (C=O) groups excluding carboxylic acids is 1.